The molecule has 0 aliphatic heterocycles. The van der Waals surface area contributed by atoms with E-state index >= 15 is 0 Å². The summed E-state index contributed by atoms with van der Waals surface area (Å²) < 4.78 is 2.93. The van der Waals surface area contributed by atoms with Gasteiger partial charge in [-0.25, -0.2) is 0 Å². The zero-order valence-electron chi connectivity index (χ0n) is 12.2. The van der Waals surface area contributed by atoms with Crippen molar-refractivity contribution in [2.24, 2.45) is 5.92 Å². The van der Waals surface area contributed by atoms with E-state index in [0.717, 1.165) is 17.7 Å². The first-order valence-electron chi connectivity index (χ1n) is 6.95. The predicted octanol–water partition coefficient (Wildman–Crippen LogP) is 2.22. The summed E-state index contributed by atoms with van der Waals surface area (Å²) in [6, 6.07) is 7.65. The second-order valence-electron chi connectivity index (χ2n) is 5.31. The maximum Gasteiger partial charge on any atom is 0.320 e. The van der Waals surface area contributed by atoms with Gasteiger partial charge in [0.15, 0.2) is 0 Å². The fraction of sp³-hybridized carbons (Fsp3) is 0.375. The van der Waals surface area contributed by atoms with Crippen molar-refractivity contribution in [1.29, 1.82) is 0 Å². The fourth-order valence-electron chi connectivity index (χ4n) is 2.28. The molecule has 0 atom stereocenters. The van der Waals surface area contributed by atoms with E-state index in [1.54, 1.807) is 12.4 Å². The molecule has 0 fully saturated rings. The smallest absolute Gasteiger partial charge is 0.309 e. The third-order valence-corrected chi connectivity index (χ3v) is 3.25. The number of para-hydroxylation sites is 1. The molecule has 0 saturated heterocycles. The maximum atomic E-state index is 12.3. The molecule has 0 bridgehead atoms. The summed E-state index contributed by atoms with van der Waals surface area (Å²) >= 11 is 0. The summed E-state index contributed by atoms with van der Waals surface area (Å²) in [6.45, 7) is 6.63. The molecule has 0 spiro atoms. The van der Waals surface area contributed by atoms with Gasteiger partial charge in [0.1, 0.15) is 0 Å². The molecule has 0 aliphatic carbocycles. The van der Waals surface area contributed by atoms with Crippen LogP contribution < -0.4 is 11.1 Å². The summed E-state index contributed by atoms with van der Waals surface area (Å²) in [5, 5.41) is 0. The van der Waals surface area contributed by atoms with Crippen LogP contribution in [0.5, 0.6) is 0 Å². The van der Waals surface area contributed by atoms with Crippen LogP contribution in [0.25, 0.3) is 5.69 Å². The van der Waals surface area contributed by atoms with Crippen LogP contribution in [-0.4, -0.2) is 9.13 Å². The Morgan fingerprint density at radius 1 is 1.05 bits per heavy atom. The third-order valence-electron chi connectivity index (χ3n) is 3.25. The van der Waals surface area contributed by atoms with Crippen LogP contribution in [0.3, 0.4) is 0 Å². The Bertz CT molecular complexity index is 711. The van der Waals surface area contributed by atoms with Crippen molar-refractivity contribution >= 4 is 0 Å². The number of rotatable bonds is 4. The Kier molecular flexibility index (Phi) is 4.23. The number of hydrogen-bond donors (Lipinski definition) is 0. The normalized spacial score (nSPS) is 11.0. The van der Waals surface area contributed by atoms with Crippen LogP contribution in [0.2, 0.25) is 0 Å². The summed E-state index contributed by atoms with van der Waals surface area (Å²) in [5.41, 5.74) is 0.880. The molecular formula is C16H20N2O2. The molecule has 1 heterocycles. The Morgan fingerprint density at radius 2 is 1.75 bits per heavy atom. The molecule has 0 saturated carbocycles. The molecule has 1 aromatic carbocycles. The lowest BCUT2D eigenvalue weighted by molar-refractivity contribution is 0.504. The standard InChI is InChI=1S/C16H20N2O2/c1-4-13-7-5-6-8-14(13)18-10-9-17(11-12(2)3)15(19)16(18)20/h5-10,12H,4,11H2,1-3H3. The molecule has 0 aliphatic rings. The predicted molar refractivity (Wildman–Crippen MR) is 80.5 cm³/mol. The number of benzene rings is 1. The van der Waals surface area contributed by atoms with Gasteiger partial charge in [-0.1, -0.05) is 39.0 Å². The molecule has 0 N–H and O–H groups in total. The van der Waals surface area contributed by atoms with Crippen molar-refractivity contribution in [1.82, 2.24) is 9.13 Å². The molecule has 0 amide bonds. The minimum Gasteiger partial charge on any atom is -0.309 e. The highest BCUT2D eigenvalue weighted by Gasteiger charge is 2.09. The molecule has 1 aromatic heterocycles. The van der Waals surface area contributed by atoms with E-state index in [-0.39, 0.29) is 0 Å². The lowest BCUT2D eigenvalue weighted by atomic mass is 10.1. The van der Waals surface area contributed by atoms with Gasteiger partial charge in [-0.05, 0) is 24.0 Å². The Labute approximate surface area is 118 Å². The van der Waals surface area contributed by atoms with Crippen molar-refractivity contribution < 1.29 is 0 Å². The molecule has 2 aromatic rings. The second-order valence-corrected chi connectivity index (χ2v) is 5.31. The van der Waals surface area contributed by atoms with Gasteiger partial charge in [0.2, 0.25) is 0 Å². The highest BCUT2D eigenvalue weighted by molar-refractivity contribution is 5.40. The summed E-state index contributed by atoms with van der Waals surface area (Å²) in [4.78, 5) is 24.4. The second kappa shape index (κ2) is 5.90. The van der Waals surface area contributed by atoms with Crippen LogP contribution >= 0.6 is 0 Å². The van der Waals surface area contributed by atoms with Gasteiger partial charge in [0, 0.05) is 18.9 Å². The summed E-state index contributed by atoms with van der Waals surface area (Å²) in [6.07, 6.45) is 4.19. The quantitative estimate of drug-likeness (QED) is 0.801. The molecule has 4 heteroatoms. The number of aryl methyl sites for hydroxylation is 1. The van der Waals surface area contributed by atoms with Crippen molar-refractivity contribution in [3.63, 3.8) is 0 Å². The zero-order valence-corrected chi connectivity index (χ0v) is 12.2. The van der Waals surface area contributed by atoms with E-state index in [1.807, 2.05) is 45.0 Å². The van der Waals surface area contributed by atoms with Gasteiger partial charge in [0.25, 0.3) is 0 Å². The van der Waals surface area contributed by atoms with Crippen molar-refractivity contribution in [3.8, 4) is 5.69 Å². The first kappa shape index (κ1) is 14.3. The molecule has 20 heavy (non-hydrogen) atoms. The van der Waals surface area contributed by atoms with Crippen molar-refractivity contribution in [3.05, 3.63) is 62.9 Å². The highest BCUT2D eigenvalue weighted by atomic mass is 16.2. The van der Waals surface area contributed by atoms with Crippen LogP contribution in [0.4, 0.5) is 0 Å². The van der Waals surface area contributed by atoms with Gasteiger partial charge in [-0.2, -0.15) is 0 Å². The molecule has 2 rings (SSSR count). The minimum atomic E-state index is -0.492. The Morgan fingerprint density at radius 3 is 2.40 bits per heavy atom. The first-order valence-corrected chi connectivity index (χ1v) is 6.95. The fourth-order valence-corrected chi connectivity index (χ4v) is 2.28. The number of hydrogen-bond acceptors (Lipinski definition) is 2. The topological polar surface area (TPSA) is 44.0 Å². The molecule has 106 valence electrons. The van der Waals surface area contributed by atoms with Crippen LogP contribution in [0.15, 0.2) is 46.2 Å². The van der Waals surface area contributed by atoms with E-state index in [9.17, 15) is 9.59 Å². The molecule has 0 unspecified atom stereocenters. The monoisotopic (exact) mass is 272 g/mol. The van der Waals surface area contributed by atoms with E-state index < -0.39 is 11.1 Å². The third kappa shape index (κ3) is 2.74. The Hall–Kier alpha value is -2.10. The SMILES string of the molecule is CCc1ccccc1-n1ccn(CC(C)C)c(=O)c1=O. The van der Waals surface area contributed by atoms with Gasteiger partial charge in [-0.15, -0.1) is 0 Å². The Balaban J connectivity index is 2.58. The van der Waals surface area contributed by atoms with Gasteiger partial charge in [0.05, 0.1) is 5.69 Å². The number of nitrogens with zero attached hydrogens (tertiary/aromatic N) is 2. The van der Waals surface area contributed by atoms with Crippen LogP contribution in [0, 0.1) is 5.92 Å². The van der Waals surface area contributed by atoms with E-state index in [1.165, 1.54) is 9.13 Å². The lowest BCUT2D eigenvalue weighted by Crippen LogP contribution is -2.40. The minimum absolute atomic E-state index is 0.325. The van der Waals surface area contributed by atoms with Crippen molar-refractivity contribution in [2.75, 3.05) is 0 Å². The van der Waals surface area contributed by atoms with E-state index in [2.05, 4.69) is 0 Å². The van der Waals surface area contributed by atoms with Crippen LogP contribution in [0.1, 0.15) is 26.3 Å². The first-order chi connectivity index (χ1) is 9.54. The summed E-state index contributed by atoms with van der Waals surface area (Å²) in [7, 11) is 0. The van der Waals surface area contributed by atoms with Gasteiger partial charge in [-0.3, -0.25) is 14.2 Å². The highest BCUT2D eigenvalue weighted by Crippen LogP contribution is 2.12. The molecule has 0 radical (unpaired) electrons. The van der Waals surface area contributed by atoms with Crippen molar-refractivity contribution in [2.45, 2.75) is 33.7 Å². The van der Waals surface area contributed by atoms with Gasteiger partial charge >= 0.3 is 11.1 Å². The van der Waals surface area contributed by atoms with Crippen LogP contribution in [-0.2, 0) is 13.0 Å². The largest absolute Gasteiger partial charge is 0.320 e. The average Bonchev–Trinajstić information content (AvgIpc) is 2.44. The zero-order chi connectivity index (χ0) is 14.7. The molecular weight excluding hydrogens is 252 g/mol. The number of aromatic nitrogens is 2. The summed E-state index contributed by atoms with van der Waals surface area (Å²) in [5.74, 6) is 0.325. The maximum absolute atomic E-state index is 12.3. The average molecular weight is 272 g/mol. The van der Waals surface area contributed by atoms with Gasteiger partial charge < -0.3 is 4.57 Å². The van der Waals surface area contributed by atoms with E-state index in [4.69, 9.17) is 0 Å². The lowest BCUT2D eigenvalue weighted by Gasteiger charge is -2.13. The van der Waals surface area contributed by atoms with E-state index in [0.29, 0.717) is 12.5 Å². The molecule has 4 nitrogen and oxygen atoms in total.